The van der Waals surface area contributed by atoms with Crippen molar-refractivity contribution in [2.24, 2.45) is 11.8 Å². The lowest BCUT2D eigenvalue weighted by molar-refractivity contribution is -0.143. The first-order chi connectivity index (χ1) is 9.56. The van der Waals surface area contributed by atoms with Crippen LogP contribution in [0.3, 0.4) is 0 Å². The molecule has 0 aromatic rings. The summed E-state index contributed by atoms with van der Waals surface area (Å²) in [6, 6.07) is -0.220. The van der Waals surface area contributed by atoms with E-state index in [1.165, 1.54) is 0 Å². The number of carboxylic acid groups (broad SMARTS) is 1. The number of ether oxygens (including phenoxy) is 1. The Bertz CT molecular complexity index is 361. The van der Waals surface area contributed by atoms with Gasteiger partial charge < -0.3 is 20.5 Å². The van der Waals surface area contributed by atoms with Gasteiger partial charge in [-0.05, 0) is 32.6 Å². The molecule has 3 N–H and O–H groups in total. The monoisotopic (exact) mass is 284 g/mol. The summed E-state index contributed by atoms with van der Waals surface area (Å²) < 4.78 is 5.45. The molecule has 0 aromatic heterocycles. The van der Waals surface area contributed by atoms with Crippen molar-refractivity contribution in [3.8, 4) is 0 Å². The average Bonchev–Trinajstić information content (AvgIpc) is 2.82. The standard InChI is InChI=1S/C14H24N2O4/c1-9-11(5-6-20-9)8-15-14(19)16-12-4-2-3-10(7-12)13(17)18/h9-12H,2-8H2,1H3,(H,17,18)(H2,15,16,19). The first-order valence-corrected chi connectivity index (χ1v) is 7.45. The predicted octanol–water partition coefficient (Wildman–Crippen LogP) is 1.35. The van der Waals surface area contributed by atoms with E-state index in [1.54, 1.807) is 0 Å². The van der Waals surface area contributed by atoms with Gasteiger partial charge in [0.05, 0.1) is 12.0 Å². The zero-order valence-electron chi connectivity index (χ0n) is 11.9. The van der Waals surface area contributed by atoms with Gasteiger partial charge in [0, 0.05) is 25.1 Å². The number of hydrogen-bond donors (Lipinski definition) is 3. The second kappa shape index (κ2) is 6.92. The van der Waals surface area contributed by atoms with Gasteiger partial charge in [0.1, 0.15) is 0 Å². The summed E-state index contributed by atoms with van der Waals surface area (Å²) in [5.74, 6) is -0.704. The molecule has 4 atom stereocenters. The van der Waals surface area contributed by atoms with Crippen molar-refractivity contribution < 1.29 is 19.4 Å². The molecule has 6 nitrogen and oxygen atoms in total. The quantitative estimate of drug-likeness (QED) is 0.727. The Morgan fingerprint density at radius 2 is 2.10 bits per heavy atom. The van der Waals surface area contributed by atoms with Crippen LogP contribution in [-0.4, -0.2) is 42.4 Å². The molecule has 2 aliphatic rings. The van der Waals surface area contributed by atoms with Crippen molar-refractivity contribution in [3.63, 3.8) is 0 Å². The third-order valence-electron chi connectivity index (χ3n) is 4.42. The van der Waals surface area contributed by atoms with Crippen LogP contribution in [-0.2, 0) is 9.53 Å². The van der Waals surface area contributed by atoms with Gasteiger partial charge in [0.15, 0.2) is 0 Å². The number of carbonyl (C=O) groups is 2. The van der Waals surface area contributed by atoms with Crippen molar-refractivity contribution in [1.82, 2.24) is 10.6 Å². The van der Waals surface area contributed by atoms with E-state index in [1.807, 2.05) is 6.92 Å². The number of carbonyl (C=O) groups excluding carboxylic acids is 1. The third kappa shape index (κ3) is 4.10. The Labute approximate surface area is 119 Å². The fraction of sp³-hybridized carbons (Fsp3) is 0.857. The largest absolute Gasteiger partial charge is 0.481 e. The lowest BCUT2D eigenvalue weighted by Gasteiger charge is -2.27. The van der Waals surface area contributed by atoms with E-state index < -0.39 is 5.97 Å². The van der Waals surface area contributed by atoms with Gasteiger partial charge in [-0.1, -0.05) is 6.42 Å². The van der Waals surface area contributed by atoms with E-state index in [0.717, 1.165) is 25.9 Å². The molecule has 4 unspecified atom stereocenters. The minimum absolute atomic E-state index is 0.0258. The van der Waals surface area contributed by atoms with Crippen molar-refractivity contribution in [2.75, 3.05) is 13.2 Å². The first kappa shape index (κ1) is 15.1. The topological polar surface area (TPSA) is 87.7 Å². The van der Waals surface area contributed by atoms with Crippen LogP contribution in [0.25, 0.3) is 0 Å². The van der Waals surface area contributed by atoms with Gasteiger partial charge >= 0.3 is 12.0 Å². The van der Waals surface area contributed by atoms with Crippen LogP contribution in [0.2, 0.25) is 0 Å². The molecule has 6 heteroatoms. The molecule has 1 saturated heterocycles. The van der Waals surface area contributed by atoms with E-state index >= 15 is 0 Å². The lowest BCUT2D eigenvalue weighted by Crippen LogP contribution is -2.46. The molecule has 20 heavy (non-hydrogen) atoms. The number of hydrogen-bond acceptors (Lipinski definition) is 3. The number of amides is 2. The molecule has 2 fully saturated rings. The summed E-state index contributed by atoms with van der Waals surface area (Å²) in [5, 5.41) is 14.8. The smallest absolute Gasteiger partial charge is 0.315 e. The van der Waals surface area contributed by atoms with Gasteiger partial charge in [-0.2, -0.15) is 0 Å². The fourth-order valence-electron chi connectivity index (χ4n) is 3.05. The highest BCUT2D eigenvalue weighted by atomic mass is 16.5. The van der Waals surface area contributed by atoms with Crippen LogP contribution in [0.5, 0.6) is 0 Å². The van der Waals surface area contributed by atoms with Crippen molar-refractivity contribution in [3.05, 3.63) is 0 Å². The molecule has 0 spiro atoms. The highest BCUT2D eigenvalue weighted by Gasteiger charge is 2.28. The van der Waals surface area contributed by atoms with Gasteiger partial charge in [0.25, 0.3) is 0 Å². The number of urea groups is 1. The molecule has 0 aromatic carbocycles. The average molecular weight is 284 g/mol. The Hall–Kier alpha value is -1.30. The van der Waals surface area contributed by atoms with Gasteiger partial charge in [-0.15, -0.1) is 0 Å². The third-order valence-corrected chi connectivity index (χ3v) is 4.42. The normalized spacial score (nSPS) is 33.6. The molecule has 1 heterocycles. The number of rotatable bonds is 4. The molecule has 0 radical (unpaired) electrons. The Balaban J connectivity index is 1.69. The SMILES string of the molecule is CC1OCCC1CNC(=O)NC1CCCC(C(=O)O)C1. The minimum atomic E-state index is -0.756. The lowest BCUT2D eigenvalue weighted by atomic mass is 9.86. The van der Waals surface area contributed by atoms with E-state index in [4.69, 9.17) is 9.84 Å². The van der Waals surface area contributed by atoms with E-state index in [0.29, 0.717) is 25.3 Å². The van der Waals surface area contributed by atoms with Crippen LogP contribution in [0, 0.1) is 11.8 Å². The Kier molecular flexibility index (Phi) is 5.23. The highest BCUT2D eigenvalue weighted by molar-refractivity contribution is 5.74. The maximum absolute atomic E-state index is 11.8. The maximum Gasteiger partial charge on any atom is 0.315 e. The van der Waals surface area contributed by atoms with Crippen LogP contribution < -0.4 is 10.6 Å². The van der Waals surface area contributed by atoms with Crippen LogP contribution in [0.15, 0.2) is 0 Å². The molecule has 2 rings (SSSR count). The van der Waals surface area contributed by atoms with E-state index in [9.17, 15) is 9.59 Å². The number of carboxylic acids is 1. The van der Waals surface area contributed by atoms with Crippen LogP contribution >= 0.6 is 0 Å². The second-order valence-corrected chi connectivity index (χ2v) is 5.88. The summed E-state index contributed by atoms with van der Waals surface area (Å²) in [6.07, 6.45) is 4.14. The Morgan fingerprint density at radius 3 is 2.75 bits per heavy atom. The zero-order valence-corrected chi connectivity index (χ0v) is 11.9. The maximum atomic E-state index is 11.8. The summed E-state index contributed by atoms with van der Waals surface area (Å²) >= 11 is 0. The predicted molar refractivity (Wildman–Crippen MR) is 73.4 cm³/mol. The molecule has 1 aliphatic carbocycles. The summed E-state index contributed by atoms with van der Waals surface area (Å²) in [4.78, 5) is 22.8. The van der Waals surface area contributed by atoms with E-state index in [2.05, 4.69) is 10.6 Å². The zero-order chi connectivity index (χ0) is 14.5. The molecule has 1 aliphatic heterocycles. The molecule has 0 bridgehead atoms. The molecular formula is C14H24N2O4. The minimum Gasteiger partial charge on any atom is -0.481 e. The van der Waals surface area contributed by atoms with Crippen LogP contribution in [0.4, 0.5) is 4.79 Å². The number of aliphatic carboxylic acids is 1. The summed E-state index contributed by atoms with van der Waals surface area (Å²) in [6.45, 7) is 3.40. The molecule has 2 amide bonds. The van der Waals surface area contributed by atoms with Gasteiger partial charge in [-0.3, -0.25) is 4.79 Å². The van der Waals surface area contributed by atoms with E-state index in [-0.39, 0.29) is 24.1 Å². The second-order valence-electron chi connectivity index (χ2n) is 5.88. The Morgan fingerprint density at radius 1 is 1.30 bits per heavy atom. The molecule has 1 saturated carbocycles. The van der Waals surface area contributed by atoms with Crippen LogP contribution in [0.1, 0.15) is 39.0 Å². The number of nitrogens with one attached hydrogen (secondary N) is 2. The van der Waals surface area contributed by atoms with Crippen molar-refractivity contribution >= 4 is 12.0 Å². The van der Waals surface area contributed by atoms with Crippen molar-refractivity contribution in [2.45, 2.75) is 51.2 Å². The molecular weight excluding hydrogens is 260 g/mol. The molecule has 114 valence electrons. The van der Waals surface area contributed by atoms with Gasteiger partial charge in [-0.25, -0.2) is 4.79 Å². The first-order valence-electron chi connectivity index (χ1n) is 7.45. The summed E-state index contributed by atoms with van der Waals surface area (Å²) in [7, 11) is 0. The fourth-order valence-corrected chi connectivity index (χ4v) is 3.05. The van der Waals surface area contributed by atoms with Crippen molar-refractivity contribution in [1.29, 1.82) is 0 Å². The van der Waals surface area contributed by atoms with Gasteiger partial charge in [0.2, 0.25) is 0 Å². The highest BCUT2D eigenvalue weighted by Crippen LogP contribution is 2.24. The summed E-state index contributed by atoms with van der Waals surface area (Å²) in [5.41, 5.74) is 0.